The minimum Gasteiger partial charge on any atom is -0.249 e. The van der Waals surface area contributed by atoms with Crippen LogP contribution in [0.4, 0.5) is 4.39 Å². The third-order valence-electron chi connectivity index (χ3n) is 5.80. The summed E-state index contributed by atoms with van der Waals surface area (Å²) in [7, 11) is -3.90. The molecular weight excluding hydrogens is 451 g/mol. The minimum atomic E-state index is -3.90. The average molecular weight is 477 g/mol. The molecule has 0 N–H and O–H groups in total. The van der Waals surface area contributed by atoms with Gasteiger partial charge in [0.1, 0.15) is 12.0 Å². The summed E-state index contributed by atoms with van der Waals surface area (Å²) in [4.78, 5) is 0. The fourth-order valence-electron chi connectivity index (χ4n) is 4.03. The average Bonchev–Trinajstić information content (AvgIpc) is 3.24. The van der Waals surface area contributed by atoms with Gasteiger partial charge in [-0.25, -0.2) is 9.40 Å². The maximum Gasteiger partial charge on any atom is 0.324 e. The van der Waals surface area contributed by atoms with Crippen LogP contribution in [0.5, 0.6) is 0 Å². The highest BCUT2D eigenvalue weighted by Crippen LogP contribution is 2.30. The number of benzene rings is 2. The molecule has 2 heterocycles. The number of hydrazone groups is 1. The first-order valence-corrected chi connectivity index (χ1v) is 12.5. The summed E-state index contributed by atoms with van der Waals surface area (Å²) >= 11 is 6.06. The van der Waals surface area contributed by atoms with Crippen molar-refractivity contribution in [2.24, 2.45) is 9.50 Å². The first-order valence-electron chi connectivity index (χ1n) is 10.8. The Bertz CT molecular complexity index is 1100. The lowest BCUT2D eigenvalue weighted by Gasteiger charge is -2.26. The molecule has 2 aromatic rings. The highest BCUT2D eigenvalue weighted by molar-refractivity contribution is 7.87. The van der Waals surface area contributed by atoms with E-state index >= 15 is 0 Å². The Morgan fingerprint density at radius 2 is 1.78 bits per heavy atom. The molecule has 2 aliphatic rings. The second-order valence-corrected chi connectivity index (χ2v) is 9.98. The Kier molecular flexibility index (Phi) is 6.93. The number of amidine groups is 1. The van der Waals surface area contributed by atoms with Gasteiger partial charge in [-0.3, -0.25) is 0 Å². The second-order valence-electron chi connectivity index (χ2n) is 7.95. The van der Waals surface area contributed by atoms with Gasteiger partial charge in [0.25, 0.3) is 0 Å². The molecule has 9 heteroatoms. The Hall–Kier alpha value is -2.29. The summed E-state index contributed by atoms with van der Waals surface area (Å²) in [6, 6.07) is 17.5. The van der Waals surface area contributed by atoms with Gasteiger partial charge >= 0.3 is 10.2 Å². The van der Waals surface area contributed by atoms with Crippen LogP contribution in [0.15, 0.2) is 64.1 Å². The van der Waals surface area contributed by atoms with E-state index in [2.05, 4.69) is 4.40 Å². The lowest BCUT2D eigenvalue weighted by atomic mass is 9.91. The van der Waals surface area contributed by atoms with Gasteiger partial charge in [-0.15, -0.1) is 4.40 Å². The number of halogens is 2. The summed E-state index contributed by atoms with van der Waals surface area (Å²) in [6.07, 6.45) is -0.144. The molecule has 1 unspecified atom stereocenters. The van der Waals surface area contributed by atoms with E-state index in [0.717, 1.165) is 16.8 Å². The van der Waals surface area contributed by atoms with E-state index in [9.17, 15) is 12.8 Å². The first kappa shape index (κ1) is 22.9. The van der Waals surface area contributed by atoms with Crippen LogP contribution in [-0.4, -0.2) is 55.1 Å². The number of hydrogen-bond donors (Lipinski definition) is 0. The normalized spacial score (nSPS) is 21.1. The van der Waals surface area contributed by atoms with Crippen molar-refractivity contribution < 1.29 is 12.8 Å². The molecule has 32 heavy (non-hydrogen) atoms. The molecule has 6 nitrogen and oxygen atoms in total. The molecule has 0 amide bonds. The van der Waals surface area contributed by atoms with Crippen LogP contribution in [0.1, 0.15) is 43.2 Å². The minimum absolute atomic E-state index is 0.0425. The van der Waals surface area contributed by atoms with Gasteiger partial charge < -0.3 is 0 Å². The fraction of sp³-hybridized carbons (Fsp3) is 0.391. The molecule has 0 aromatic heterocycles. The molecule has 0 bridgehead atoms. The van der Waals surface area contributed by atoms with Crippen molar-refractivity contribution in [3.05, 3.63) is 70.7 Å². The zero-order valence-electron chi connectivity index (χ0n) is 17.9. The van der Waals surface area contributed by atoms with E-state index in [1.54, 1.807) is 5.01 Å². The van der Waals surface area contributed by atoms with Gasteiger partial charge in [0.15, 0.2) is 0 Å². The summed E-state index contributed by atoms with van der Waals surface area (Å²) in [5, 5.41) is 7.11. The first-order chi connectivity index (χ1) is 15.4. The van der Waals surface area contributed by atoms with Crippen molar-refractivity contribution in [3.63, 3.8) is 0 Å². The van der Waals surface area contributed by atoms with Crippen LogP contribution < -0.4 is 0 Å². The van der Waals surface area contributed by atoms with Crippen molar-refractivity contribution >= 4 is 33.4 Å². The molecule has 1 saturated heterocycles. The molecule has 2 aromatic carbocycles. The number of rotatable bonds is 5. The van der Waals surface area contributed by atoms with Crippen molar-refractivity contribution in [2.45, 2.75) is 38.3 Å². The highest BCUT2D eigenvalue weighted by Gasteiger charge is 2.33. The summed E-state index contributed by atoms with van der Waals surface area (Å²) in [5.41, 5.74) is 2.85. The van der Waals surface area contributed by atoms with Gasteiger partial charge in [-0.2, -0.15) is 17.8 Å². The van der Waals surface area contributed by atoms with E-state index in [1.807, 2.05) is 61.5 Å². The largest absolute Gasteiger partial charge is 0.324 e. The zero-order valence-corrected chi connectivity index (χ0v) is 19.4. The maximum atomic E-state index is 13.5. The number of nitrogens with zero attached hydrogens (tertiary/aromatic N) is 4. The molecule has 0 spiro atoms. The molecule has 2 aliphatic heterocycles. The SMILES string of the molecule is CCC(=NS(=O)(=O)N1CCC(F)CC1)N1CC(c2ccccc2)C(c2ccc(Cl)cc2)=N1. The molecule has 0 aliphatic carbocycles. The molecule has 0 radical (unpaired) electrons. The van der Waals surface area contributed by atoms with Gasteiger partial charge in [-0.1, -0.05) is 61.0 Å². The zero-order chi connectivity index (χ0) is 22.7. The van der Waals surface area contributed by atoms with Crippen LogP contribution in [0.25, 0.3) is 0 Å². The van der Waals surface area contributed by atoms with E-state index in [0.29, 0.717) is 23.8 Å². The van der Waals surface area contributed by atoms with Gasteiger partial charge in [0.05, 0.1) is 12.3 Å². The van der Waals surface area contributed by atoms with Gasteiger partial charge in [0.2, 0.25) is 0 Å². The van der Waals surface area contributed by atoms with Crippen LogP contribution in [0, 0.1) is 0 Å². The Labute approximate surface area is 193 Å². The van der Waals surface area contributed by atoms with E-state index in [-0.39, 0.29) is 31.8 Å². The maximum absolute atomic E-state index is 13.5. The Morgan fingerprint density at radius 1 is 1.12 bits per heavy atom. The van der Waals surface area contributed by atoms with Gasteiger partial charge in [-0.05, 0) is 36.1 Å². The van der Waals surface area contributed by atoms with Crippen LogP contribution in [0.3, 0.4) is 0 Å². The number of hydrogen-bond acceptors (Lipinski definition) is 3. The Balaban J connectivity index is 1.67. The van der Waals surface area contributed by atoms with Crippen molar-refractivity contribution in [2.75, 3.05) is 19.6 Å². The molecular formula is C23H26ClFN4O2S. The lowest BCUT2D eigenvalue weighted by molar-refractivity contribution is 0.210. The fourth-order valence-corrected chi connectivity index (χ4v) is 5.43. The lowest BCUT2D eigenvalue weighted by Crippen LogP contribution is -2.39. The monoisotopic (exact) mass is 476 g/mol. The molecule has 4 rings (SSSR count). The van der Waals surface area contributed by atoms with E-state index < -0.39 is 16.4 Å². The van der Waals surface area contributed by atoms with E-state index in [4.69, 9.17) is 16.7 Å². The standard InChI is InChI=1S/C23H26ClFN4O2S/c1-2-22(27-32(30,31)28-14-12-20(25)13-15-28)29-16-21(17-6-4-3-5-7-17)23(26-29)18-8-10-19(24)11-9-18/h3-11,20-21H,2,12-16H2,1H3. The molecule has 170 valence electrons. The Morgan fingerprint density at radius 3 is 2.41 bits per heavy atom. The van der Waals surface area contributed by atoms with Crippen molar-refractivity contribution in [3.8, 4) is 0 Å². The third kappa shape index (κ3) is 5.03. The van der Waals surface area contributed by atoms with Crippen molar-refractivity contribution in [1.82, 2.24) is 9.31 Å². The second kappa shape index (κ2) is 9.68. The molecule has 1 fully saturated rings. The van der Waals surface area contributed by atoms with Crippen LogP contribution >= 0.6 is 11.6 Å². The highest BCUT2D eigenvalue weighted by atomic mass is 35.5. The third-order valence-corrected chi connectivity index (χ3v) is 7.51. The van der Waals surface area contributed by atoms with E-state index in [1.165, 1.54) is 4.31 Å². The summed E-state index contributed by atoms with van der Waals surface area (Å²) in [6.45, 7) is 2.64. The van der Waals surface area contributed by atoms with Crippen LogP contribution in [0.2, 0.25) is 5.02 Å². The summed E-state index contributed by atoms with van der Waals surface area (Å²) in [5.74, 6) is 0.330. The topological polar surface area (TPSA) is 65.3 Å². The van der Waals surface area contributed by atoms with Crippen molar-refractivity contribution in [1.29, 1.82) is 0 Å². The number of alkyl halides is 1. The molecule has 0 saturated carbocycles. The van der Waals surface area contributed by atoms with Crippen LogP contribution in [-0.2, 0) is 10.2 Å². The smallest absolute Gasteiger partial charge is 0.249 e. The summed E-state index contributed by atoms with van der Waals surface area (Å²) < 4.78 is 44.6. The predicted octanol–water partition coefficient (Wildman–Crippen LogP) is 4.63. The van der Waals surface area contributed by atoms with Gasteiger partial charge in [0, 0.05) is 30.5 Å². The quantitative estimate of drug-likeness (QED) is 0.466. The predicted molar refractivity (Wildman–Crippen MR) is 126 cm³/mol. The number of piperidine rings is 1. The molecule has 1 atom stereocenters.